The highest BCUT2D eigenvalue weighted by atomic mass is 16.6. The van der Waals surface area contributed by atoms with E-state index in [9.17, 15) is 14.7 Å². The van der Waals surface area contributed by atoms with Crippen molar-refractivity contribution >= 4 is 12.0 Å². The predicted molar refractivity (Wildman–Crippen MR) is 130 cm³/mol. The summed E-state index contributed by atoms with van der Waals surface area (Å²) in [5, 5.41) is 11.4. The van der Waals surface area contributed by atoms with Crippen molar-refractivity contribution in [1.29, 1.82) is 0 Å². The van der Waals surface area contributed by atoms with Crippen LogP contribution in [0.3, 0.4) is 0 Å². The van der Waals surface area contributed by atoms with Gasteiger partial charge in [0, 0.05) is 18.2 Å². The molecule has 4 unspecified atom stereocenters. The number of nitrogens with two attached hydrogens (primary N) is 1. The first-order valence-corrected chi connectivity index (χ1v) is 12.4. The molecular formula is C27H30N4O5. The minimum atomic E-state index is -1.18. The Kier molecular flexibility index (Phi) is 4.77. The van der Waals surface area contributed by atoms with Gasteiger partial charge in [-0.3, -0.25) is 9.69 Å². The van der Waals surface area contributed by atoms with Crippen LogP contribution in [0.5, 0.6) is 5.75 Å². The lowest BCUT2D eigenvalue weighted by Gasteiger charge is -2.44. The molecule has 36 heavy (non-hydrogen) atoms. The Bertz CT molecular complexity index is 1350. The molecule has 1 saturated heterocycles. The number of fused-ring (bicyclic) bond motifs is 3. The summed E-state index contributed by atoms with van der Waals surface area (Å²) in [6, 6.07) is 5.50. The zero-order valence-corrected chi connectivity index (χ0v) is 20.7. The predicted octanol–water partition coefficient (Wildman–Crippen LogP) is 2.69. The standard InChI is InChI=1S/C27H30N4O5/c1-25(2,3)36-24(33)31-21-14-26(34,13-17-7-9-27(17,21)31)8-6-16-4-5-20-18(12-16)23-29-19(22(28)32)15-30(23)10-11-35-20/h4-5,12,15,17,21,34H,7,9-11,13-14H2,1-3H3,(H2,28,32). The van der Waals surface area contributed by atoms with Crippen LogP contribution in [0.4, 0.5) is 4.79 Å². The first kappa shape index (κ1) is 22.9. The number of nitrogens with zero attached hydrogens (tertiary/aromatic N) is 3. The van der Waals surface area contributed by atoms with E-state index >= 15 is 0 Å². The number of likely N-dealkylation sites (tertiary alicyclic amines) is 1. The van der Waals surface area contributed by atoms with Crippen LogP contribution in [0.1, 0.15) is 62.5 Å². The summed E-state index contributed by atoms with van der Waals surface area (Å²) >= 11 is 0. The van der Waals surface area contributed by atoms with E-state index in [2.05, 4.69) is 16.8 Å². The molecule has 9 nitrogen and oxygen atoms in total. The summed E-state index contributed by atoms with van der Waals surface area (Å²) in [7, 11) is 0. The number of carbonyl (C=O) groups excluding carboxylic acids is 2. The van der Waals surface area contributed by atoms with Gasteiger partial charge in [-0.1, -0.05) is 11.8 Å². The number of rotatable bonds is 1. The van der Waals surface area contributed by atoms with Crippen LogP contribution in [-0.2, 0) is 11.3 Å². The molecule has 1 aromatic carbocycles. The Morgan fingerprint density at radius 1 is 1.31 bits per heavy atom. The van der Waals surface area contributed by atoms with E-state index < -0.39 is 17.1 Å². The minimum Gasteiger partial charge on any atom is -0.491 e. The van der Waals surface area contributed by atoms with E-state index in [1.807, 2.05) is 48.4 Å². The second-order valence-corrected chi connectivity index (χ2v) is 11.3. The molecule has 1 aromatic heterocycles. The first-order valence-electron chi connectivity index (χ1n) is 12.4. The van der Waals surface area contributed by atoms with Gasteiger partial charge in [0.1, 0.15) is 35.1 Å². The average Bonchev–Trinajstić information content (AvgIpc) is 3.35. The summed E-state index contributed by atoms with van der Waals surface area (Å²) in [6.07, 6.45) is 4.21. The third-order valence-electron chi connectivity index (χ3n) is 7.85. The Morgan fingerprint density at radius 3 is 2.81 bits per heavy atom. The number of hydrogen-bond acceptors (Lipinski definition) is 6. The average molecular weight is 491 g/mol. The second kappa shape index (κ2) is 7.50. The Labute approximate surface area is 209 Å². The molecule has 4 aliphatic rings. The first-order chi connectivity index (χ1) is 17.0. The van der Waals surface area contributed by atoms with Crippen molar-refractivity contribution in [3.8, 4) is 29.0 Å². The number of ether oxygens (including phenoxy) is 2. The van der Waals surface area contributed by atoms with Gasteiger partial charge in [-0.25, -0.2) is 9.78 Å². The summed E-state index contributed by atoms with van der Waals surface area (Å²) in [6.45, 7) is 6.58. The number of carbonyl (C=O) groups is 2. The van der Waals surface area contributed by atoms with Gasteiger partial charge in [0.05, 0.1) is 23.7 Å². The molecule has 1 spiro atoms. The molecule has 2 saturated carbocycles. The van der Waals surface area contributed by atoms with E-state index in [1.54, 1.807) is 6.20 Å². The lowest BCUT2D eigenvalue weighted by atomic mass is 9.60. The lowest BCUT2D eigenvalue weighted by molar-refractivity contribution is -0.000413. The summed E-state index contributed by atoms with van der Waals surface area (Å²) in [5.41, 5.74) is 5.15. The van der Waals surface area contributed by atoms with Gasteiger partial charge >= 0.3 is 6.09 Å². The van der Waals surface area contributed by atoms with Gasteiger partial charge in [0.2, 0.25) is 0 Å². The highest BCUT2D eigenvalue weighted by Gasteiger charge is 2.77. The molecular weight excluding hydrogens is 460 g/mol. The van der Waals surface area contributed by atoms with E-state index in [4.69, 9.17) is 15.2 Å². The maximum atomic E-state index is 12.8. The highest BCUT2D eigenvalue weighted by molar-refractivity contribution is 5.91. The molecule has 2 amide bonds. The third kappa shape index (κ3) is 3.54. The molecule has 188 valence electrons. The van der Waals surface area contributed by atoms with Crippen LogP contribution in [0.25, 0.3) is 11.4 Å². The van der Waals surface area contributed by atoms with Crippen LogP contribution in [0.15, 0.2) is 24.4 Å². The molecule has 0 radical (unpaired) electrons. The van der Waals surface area contributed by atoms with Crippen molar-refractivity contribution in [2.24, 2.45) is 11.7 Å². The van der Waals surface area contributed by atoms with Crippen molar-refractivity contribution in [3.05, 3.63) is 35.7 Å². The molecule has 4 atom stereocenters. The minimum absolute atomic E-state index is 0.0423. The Hall–Kier alpha value is -3.51. The number of primary amides is 1. The maximum absolute atomic E-state index is 12.8. The fourth-order valence-corrected chi connectivity index (χ4v) is 6.15. The van der Waals surface area contributed by atoms with Gasteiger partial charge in [-0.15, -0.1) is 0 Å². The molecule has 3 N–H and O–H groups in total. The molecule has 6 rings (SSSR count). The van der Waals surface area contributed by atoms with Crippen LogP contribution in [-0.4, -0.2) is 60.9 Å². The highest BCUT2D eigenvalue weighted by Crippen LogP contribution is 2.66. The van der Waals surface area contributed by atoms with Gasteiger partial charge in [0.15, 0.2) is 0 Å². The Balaban J connectivity index is 1.26. The van der Waals surface area contributed by atoms with Crippen LogP contribution < -0.4 is 10.5 Å². The van der Waals surface area contributed by atoms with Gasteiger partial charge < -0.3 is 24.9 Å². The molecule has 2 aliphatic heterocycles. The normalized spacial score (nSPS) is 29.5. The number of amides is 2. The molecule has 9 heteroatoms. The molecule has 3 heterocycles. The summed E-state index contributed by atoms with van der Waals surface area (Å²) in [5.74, 6) is 7.16. The number of benzene rings is 1. The topological polar surface area (TPSA) is 120 Å². The fraction of sp³-hybridized carbons (Fsp3) is 0.519. The molecule has 2 aromatic rings. The lowest BCUT2D eigenvalue weighted by Crippen LogP contribution is -2.50. The SMILES string of the molecule is CC(C)(C)OC(=O)N1C2CC(O)(C#Cc3ccc4c(c3)-c3nc(C(N)=O)cn3CCO4)CC3CCC321. The third-order valence-corrected chi connectivity index (χ3v) is 7.85. The van der Waals surface area contributed by atoms with E-state index in [0.29, 0.717) is 43.1 Å². The number of aliphatic hydroxyl groups is 1. The zero-order valence-electron chi connectivity index (χ0n) is 20.7. The fourth-order valence-electron chi connectivity index (χ4n) is 6.15. The van der Waals surface area contributed by atoms with Crippen molar-refractivity contribution in [2.45, 2.75) is 75.8 Å². The van der Waals surface area contributed by atoms with Crippen LogP contribution in [0.2, 0.25) is 0 Å². The number of aromatic nitrogens is 2. The van der Waals surface area contributed by atoms with Crippen LogP contribution >= 0.6 is 0 Å². The molecule has 3 fully saturated rings. The quantitative estimate of drug-likeness (QED) is 0.469. The molecule has 2 aliphatic carbocycles. The maximum Gasteiger partial charge on any atom is 0.411 e. The van der Waals surface area contributed by atoms with Crippen molar-refractivity contribution in [3.63, 3.8) is 0 Å². The Morgan fingerprint density at radius 2 is 2.11 bits per heavy atom. The van der Waals surface area contributed by atoms with Gasteiger partial charge in [-0.2, -0.15) is 0 Å². The van der Waals surface area contributed by atoms with Crippen molar-refractivity contribution in [2.75, 3.05) is 6.61 Å². The van der Waals surface area contributed by atoms with Gasteiger partial charge in [-0.05, 0) is 64.2 Å². The number of hydrogen-bond donors (Lipinski definition) is 2. The summed E-state index contributed by atoms with van der Waals surface area (Å²) in [4.78, 5) is 30.7. The smallest absolute Gasteiger partial charge is 0.411 e. The number of imidazole rings is 1. The van der Waals surface area contributed by atoms with E-state index in [-0.39, 0.29) is 29.3 Å². The summed E-state index contributed by atoms with van der Waals surface area (Å²) < 4.78 is 13.3. The molecule has 0 bridgehead atoms. The van der Waals surface area contributed by atoms with E-state index in [0.717, 1.165) is 18.4 Å². The van der Waals surface area contributed by atoms with Crippen molar-refractivity contribution in [1.82, 2.24) is 14.5 Å². The van der Waals surface area contributed by atoms with Crippen LogP contribution in [0, 0.1) is 17.8 Å². The van der Waals surface area contributed by atoms with Gasteiger partial charge in [0.25, 0.3) is 5.91 Å². The monoisotopic (exact) mass is 490 g/mol. The second-order valence-electron chi connectivity index (χ2n) is 11.3. The zero-order chi connectivity index (χ0) is 25.5. The van der Waals surface area contributed by atoms with Crippen molar-refractivity contribution < 1.29 is 24.2 Å². The largest absolute Gasteiger partial charge is 0.491 e. The van der Waals surface area contributed by atoms with E-state index in [1.165, 1.54) is 0 Å².